The van der Waals surface area contributed by atoms with Crippen LogP contribution < -0.4 is 10.1 Å². The second-order valence-corrected chi connectivity index (χ2v) is 6.94. The van der Waals surface area contributed by atoms with Crippen molar-refractivity contribution in [3.63, 3.8) is 0 Å². The molecule has 1 aromatic heterocycles. The molecule has 0 unspecified atom stereocenters. The summed E-state index contributed by atoms with van der Waals surface area (Å²) >= 11 is 3.49. The van der Waals surface area contributed by atoms with Crippen LogP contribution in [0.2, 0.25) is 0 Å². The average molecular weight is 364 g/mol. The highest BCUT2D eigenvalue weighted by Gasteiger charge is 2.18. The molecule has 0 aliphatic rings. The van der Waals surface area contributed by atoms with Gasteiger partial charge in [-0.3, -0.25) is 0 Å². The molecule has 118 valence electrons. The summed E-state index contributed by atoms with van der Waals surface area (Å²) in [6.07, 6.45) is 1.55. The van der Waals surface area contributed by atoms with Gasteiger partial charge in [-0.15, -0.1) is 0 Å². The molecule has 2 aromatic rings. The number of halogens is 1. The van der Waals surface area contributed by atoms with Crippen molar-refractivity contribution in [2.45, 2.75) is 33.1 Å². The number of aryl methyl sites for hydroxylation is 1. The Bertz CT molecular complexity index is 638. The lowest BCUT2D eigenvalue weighted by Gasteiger charge is -2.22. The third-order valence-corrected chi connectivity index (χ3v) is 4.26. The van der Waals surface area contributed by atoms with Gasteiger partial charge in [-0.25, -0.2) is 9.97 Å². The maximum absolute atomic E-state index is 5.93. The zero-order valence-corrected chi connectivity index (χ0v) is 15.1. The molecule has 5 heteroatoms. The van der Waals surface area contributed by atoms with Gasteiger partial charge in [-0.2, -0.15) is 0 Å². The summed E-state index contributed by atoms with van der Waals surface area (Å²) in [5.41, 5.74) is 2.20. The minimum atomic E-state index is 0.0663. The molecule has 0 spiro atoms. The number of benzene rings is 1. The van der Waals surface area contributed by atoms with Crippen molar-refractivity contribution in [3.8, 4) is 5.75 Å². The van der Waals surface area contributed by atoms with Crippen molar-refractivity contribution >= 4 is 21.7 Å². The first-order valence-corrected chi connectivity index (χ1v) is 8.12. The quantitative estimate of drug-likeness (QED) is 0.802. The molecule has 1 heterocycles. The molecule has 0 bridgehead atoms. The Morgan fingerprint density at radius 1 is 1.18 bits per heavy atom. The fourth-order valence-corrected chi connectivity index (χ4v) is 2.47. The van der Waals surface area contributed by atoms with Crippen LogP contribution in [0.4, 0.5) is 5.82 Å². The number of anilines is 1. The highest BCUT2D eigenvalue weighted by atomic mass is 79.9. The first-order chi connectivity index (χ1) is 10.4. The van der Waals surface area contributed by atoms with Gasteiger partial charge in [0.1, 0.15) is 24.5 Å². The molecule has 0 saturated heterocycles. The standard InChI is InChI=1S/C17H22BrN3O/c1-12-15(18)16(21-11-20-12)19-9-10-22-14-8-6-5-7-13(14)17(2,3)4/h5-8,11H,9-10H2,1-4H3,(H,19,20,21). The Hall–Kier alpha value is -1.62. The summed E-state index contributed by atoms with van der Waals surface area (Å²) in [6, 6.07) is 8.19. The molecule has 0 aliphatic heterocycles. The van der Waals surface area contributed by atoms with Crippen LogP contribution in [-0.2, 0) is 5.41 Å². The van der Waals surface area contributed by atoms with E-state index in [0.29, 0.717) is 13.2 Å². The first-order valence-electron chi connectivity index (χ1n) is 7.33. The number of para-hydroxylation sites is 1. The fourth-order valence-electron chi connectivity index (χ4n) is 2.12. The van der Waals surface area contributed by atoms with Crippen LogP contribution >= 0.6 is 15.9 Å². The van der Waals surface area contributed by atoms with E-state index in [1.165, 1.54) is 5.56 Å². The van der Waals surface area contributed by atoms with Crippen LogP contribution in [-0.4, -0.2) is 23.1 Å². The molecule has 0 fully saturated rings. The number of hydrogen-bond donors (Lipinski definition) is 1. The third-order valence-electron chi connectivity index (χ3n) is 3.31. The molecule has 0 aliphatic carbocycles. The Kier molecular flexibility index (Phi) is 5.40. The van der Waals surface area contributed by atoms with Crippen molar-refractivity contribution in [3.05, 3.63) is 46.3 Å². The van der Waals surface area contributed by atoms with Gasteiger partial charge in [0.25, 0.3) is 0 Å². The summed E-state index contributed by atoms with van der Waals surface area (Å²) in [6.45, 7) is 9.75. The summed E-state index contributed by atoms with van der Waals surface area (Å²) in [5.74, 6) is 1.73. The summed E-state index contributed by atoms with van der Waals surface area (Å²) in [7, 11) is 0. The van der Waals surface area contributed by atoms with Crippen LogP contribution in [0.15, 0.2) is 35.1 Å². The predicted molar refractivity (Wildman–Crippen MR) is 93.6 cm³/mol. The lowest BCUT2D eigenvalue weighted by atomic mass is 9.86. The van der Waals surface area contributed by atoms with E-state index in [4.69, 9.17) is 4.74 Å². The normalized spacial score (nSPS) is 11.3. The molecule has 0 saturated carbocycles. The summed E-state index contributed by atoms with van der Waals surface area (Å²) < 4.78 is 6.83. The molecule has 0 amide bonds. The van der Waals surface area contributed by atoms with Gasteiger partial charge in [0.05, 0.1) is 16.7 Å². The summed E-state index contributed by atoms with van der Waals surface area (Å²) in [4.78, 5) is 8.34. The molecule has 22 heavy (non-hydrogen) atoms. The summed E-state index contributed by atoms with van der Waals surface area (Å²) in [5, 5.41) is 3.26. The van der Waals surface area contributed by atoms with E-state index in [1.807, 2.05) is 25.1 Å². The smallest absolute Gasteiger partial charge is 0.144 e. The maximum atomic E-state index is 5.93. The van der Waals surface area contributed by atoms with Crippen molar-refractivity contribution in [1.82, 2.24) is 9.97 Å². The zero-order chi connectivity index (χ0) is 16.2. The number of nitrogens with zero attached hydrogens (tertiary/aromatic N) is 2. The Balaban J connectivity index is 1.94. The van der Waals surface area contributed by atoms with Crippen LogP contribution in [0.5, 0.6) is 5.75 Å². The van der Waals surface area contributed by atoms with Gasteiger partial charge in [0, 0.05) is 0 Å². The maximum Gasteiger partial charge on any atom is 0.144 e. The van der Waals surface area contributed by atoms with Crippen LogP contribution in [0.1, 0.15) is 32.0 Å². The monoisotopic (exact) mass is 363 g/mol. The van der Waals surface area contributed by atoms with Crippen molar-refractivity contribution in [2.24, 2.45) is 0 Å². The fraction of sp³-hybridized carbons (Fsp3) is 0.412. The minimum Gasteiger partial charge on any atom is -0.491 e. The SMILES string of the molecule is Cc1ncnc(NCCOc2ccccc2C(C)(C)C)c1Br. The van der Waals surface area contributed by atoms with Gasteiger partial charge in [-0.05, 0) is 39.9 Å². The van der Waals surface area contributed by atoms with Gasteiger partial charge >= 0.3 is 0 Å². The van der Waals surface area contributed by atoms with E-state index in [0.717, 1.165) is 21.7 Å². The molecule has 1 aromatic carbocycles. The van der Waals surface area contributed by atoms with Crippen molar-refractivity contribution in [1.29, 1.82) is 0 Å². The highest BCUT2D eigenvalue weighted by Crippen LogP contribution is 2.30. The second-order valence-electron chi connectivity index (χ2n) is 6.14. The molecule has 4 nitrogen and oxygen atoms in total. The number of nitrogens with one attached hydrogen (secondary N) is 1. The van der Waals surface area contributed by atoms with Crippen molar-refractivity contribution < 1.29 is 4.74 Å². The topological polar surface area (TPSA) is 47.0 Å². The highest BCUT2D eigenvalue weighted by molar-refractivity contribution is 9.10. The Morgan fingerprint density at radius 2 is 1.91 bits per heavy atom. The largest absolute Gasteiger partial charge is 0.491 e. The number of ether oxygens (including phenoxy) is 1. The number of hydrogen-bond acceptors (Lipinski definition) is 4. The minimum absolute atomic E-state index is 0.0663. The van der Waals surface area contributed by atoms with E-state index in [2.05, 4.69) is 58.1 Å². The van der Waals surface area contributed by atoms with Crippen molar-refractivity contribution in [2.75, 3.05) is 18.5 Å². The predicted octanol–water partition coefficient (Wildman–Crippen LogP) is 4.34. The van der Waals surface area contributed by atoms with Gasteiger partial charge in [0.15, 0.2) is 0 Å². The second kappa shape index (κ2) is 7.09. The van der Waals surface area contributed by atoms with E-state index >= 15 is 0 Å². The van der Waals surface area contributed by atoms with Gasteiger partial charge < -0.3 is 10.1 Å². The van der Waals surface area contributed by atoms with Gasteiger partial charge in [-0.1, -0.05) is 39.0 Å². The first kappa shape index (κ1) is 16.7. The van der Waals surface area contributed by atoms with E-state index in [9.17, 15) is 0 Å². The third kappa shape index (κ3) is 4.19. The molecule has 2 rings (SSSR count). The van der Waals surface area contributed by atoms with Gasteiger partial charge in [0.2, 0.25) is 0 Å². The zero-order valence-electron chi connectivity index (χ0n) is 13.5. The molecule has 0 atom stereocenters. The van der Waals surface area contributed by atoms with Crippen LogP contribution in [0.25, 0.3) is 0 Å². The average Bonchev–Trinajstić information content (AvgIpc) is 2.47. The Morgan fingerprint density at radius 3 is 2.64 bits per heavy atom. The Labute approximate surface area is 140 Å². The van der Waals surface area contributed by atoms with E-state index in [-0.39, 0.29) is 5.41 Å². The lowest BCUT2D eigenvalue weighted by molar-refractivity contribution is 0.323. The van der Waals surface area contributed by atoms with E-state index < -0.39 is 0 Å². The molecular formula is C17H22BrN3O. The lowest BCUT2D eigenvalue weighted by Crippen LogP contribution is -2.17. The molecule has 1 N–H and O–H groups in total. The number of rotatable bonds is 5. The van der Waals surface area contributed by atoms with Crippen LogP contribution in [0, 0.1) is 6.92 Å². The number of aromatic nitrogens is 2. The van der Waals surface area contributed by atoms with Crippen LogP contribution in [0.3, 0.4) is 0 Å². The molecular weight excluding hydrogens is 342 g/mol. The molecule has 0 radical (unpaired) electrons. The van der Waals surface area contributed by atoms with E-state index in [1.54, 1.807) is 6.33 Å².